The minimum atomic E-state index is -0.336. The Morgan fingerprint density at radius 3 is 2.75 bits per heavy atom. The summed E-state index contributed by atoms with van der Waals surface area (Å²) in [4.78, 5) is 24.2. The number of amides is 1. The van der Waals surface area contributed by atoms with Gasteiger partial charge in [-0.2, -0.15) is 5.10 Å². The zero-order chi connectivity index (χ0) is 21.9. The van der Waals surface area contributed by atoms with E-state index in [0.717, 1.165) is 37.6 Å². The Bertz CT molecular complexity index is 1270. The summed E-state index contributed by atoms with van der Waals surface area (Å²) in [6.07, 6.45) is 1.51. The number of anilines is 1. The summed E-state index contributed by atoms with van der Waals surface area (Å²) >= 11 is 6.32. The van der Waals surface area contributed by atoms with Gasteiger partial charge in [0, 0.05) is 25.2 Å². The van der Waals surface area contributed by atoms with Gasteiger partial charge in [0.1, 0.15) is 5.82 Å². The van der Waals surface area contributed by atoms with Crippen LogP contribution in [0.3, 0.4) is 0 Å². The molecular formula is C23H21ClN6O2. The number of nitrogens with zero attached hydrogens (tertiary/aromatic N) is 5. The predicted octanol–water partition coefficient (Wildman–Crippen LogP) is 3.53. The summed E-state index contributed by atoms with van der Waals surface area (Å²) in [5.41, 5.74) is 3.21. The van der Waals surface area contributed by atoms with Gasteiger partial charge in [0.25, 0.3) is 5.91 Å². The van der Waals surface area contributed by atoms with E-state index in [1.165, 1.54) is 10.7 Å². The third kappa shape index (κ3) is 4.34. The highest BCUT2D eigenvalue weighted by Crippen LogP contribution is 2.26. The predicted molar refractivity (Wildman–Crippen MR) is 122 cm³/mol. The summed E-state index contributed by atoms with van der Waals surface area (Å²) in [5, 5.41) is 8.05. The van der Waals surface area contributed by atoms with E-state index in [9.17, 15) is 4.79 Å². The third-order valence-corrected chi connectivity index (χ3v) is 5.61. The number of rotatable bonds is 5. The normalized spacial score (nSPS) is 14.5. The Morgan fingerprint density at radius 1 is 1.06 bits per heavy atom. The van der Waals surface area contributed by atoms with E-state index in [1.54, 1.807) is 12.1 Å². The van der Waals surface area contributed by atoms with Crippen LogP contribution in [0.4, 0.5) is 5.82 Å². The van der Waals surface area contributed by atoms with Crippen molar-refractivity contribution in [2.45, 2.75) is 6.54 Å². The lowest BCUT2D eigenvalue weighted by Gasteiger charge is -2.26. The maximum atomic E-state index is 13.0. The van der Waals surface area contributed by atoms with Crippen molar-refractivity contribution in [1.82, 2.24) is 24.5 Å². The number of fused-ring (bicyclic) bond motifs is 1. The molecule has 32 heavy (non-hydrogen) atoms. The highest BCUT2D eigenvalue weighted by atomic mass is 35.5. The van der Waals surface area contributed by atoms with Crippen LogP contribution in [0.2, 0.25) is 5.02 Å². The van der Waals surface area contributed by atoms with Crippen LogP contribution in [-0.2, 0) is 11.3 Å². The molecule has 0 aliphatic carbocycles. The molecule has 0 unspecified atom stereocenters. The maximum Gasteiger partial charge on any atom is 0.277 e. The number of ether oxygens (including phenoxy) is 1. The molecule has 0 radical (unpaired) electrons. The van der Waals surface area contributed by atoms with Crippen molar-refractivity contribution >= 4 is 29.0 Å². The number of carbonyl (C=O) groups excluding carboxylic acids is 1. The van der Waals surface area contributed by atoms with Crippen LogP contribution in [-0.4, -0.2) is 56.7 Å². The van der Waals surface area contributed by atoms with Gasteiger partial charge >= 0.3 is 0 Å². The molecule has 1 amide bonds. The zero-order valence-electron chi connectivity index (χ0n) is 17.2. The maximum absolute atomic E-state index is 13.0. The molecule has 1 N–H and O–H groups in total. The van der Waals surface area contributed by atoms with Gasteiger partial charge in [-0.1, -0.05) is 35.9 Å². The van der Waals surface area contributed by atoms with Crippen LogP contribution >= 0.6 is 11.6 Å². The molecule has 0 atom stereocenters. The molecule has 9 heteroatoms. The van der Waals surface area contributed by atoms with Crippen LogP contribution in [0.5, 0.6) is 0 Å². The minimum Gasteiger partial charge on any atom is -0.379 e. The van der Waals surface area contributed by atoms with Gasteiger partial charge in [-0.15, -0.1) is 0 Å². The van der Waals surface area contributed by atoms with E-state index in [-0.39, 0.29) is 5.91 Å². The fourth-order valence-corrected chi connectivity index (χ4v) is 3.88. The number of imidazole rings is 1. The standard InChI is InChI=1S/C23H21ClN6O2/c24-18-6-2-1-5-17(18)19-8-9-22-25-14-20(30(22)28-19)23(31)27-21-7-3-4-16(26-21)15-29-10-12-32-13-11-29/h1-9,14H,10-13,15H2,(H,26,27,31). The number of hydrogen-bond donors (Lipinski definition) is 1. The van der Waals surface area contributed by atoms with Gasteiger partial charge in [-0.3, -0.25) is 9.69 Å². The van der Waals surface area contributed by atoms with Crippen molar-refractivity contribution in [2.24, 2.45) is 0 Å². The number of aromatic nitrogens is 4. The number of carbonyl (C=O) groups is 1. The summed E-state index contributed by atoms with van der Waals surface area (Å²) < 4.78 is 6.91. The number of nitrogens with one attached hydrogen (secondary N) is 1. The first-order valence-corrected chi connectivity index (χ1v) is 10.7. The summed E-state index contributed by atoms with van der Waals surface area (Å²) in [6.45, 7) is 3.92. The minimum absolute atomic E-state index is 0.314. The molecule has 3 aromatic heterocycles. The van der Waals surface area contributed by atoms with Crippen LogP contribution in [0.25, 0.3) is 16.9 Å². The molecule has 1 aliphatic heterocycles. The number of morpholine rings is 1. The summed E-state index contributed by atoms with van der Waals surface area (Å²) in [5.74, 6) is 0.148. The smallest absolute Gasteiger partial charge is 0.277 e. The first kappa shape index (κ1) is 20.6. The molecule has 0 bridgehead atoms. The molecule has 0 spiro atoms. The Labute approximate surface area is 189 Å². The van der Waals surface area contributed by atoms with Crippen LogP contribution < -0.4 is 5.32 Å². The van der Waals surface area contributed by atoms with Crippen molar-refractivity contribution in [3.8, 4) is 11.3 Å². The number of hydrogen-bond acceptors (Lipinski definition) is 6. The number of benzene rings is 1. The quantitative estimate of drug-likeness (QED) is 0.502. The SMILES string of the molecule is O=C(Nc1cccc(CN2CCOCC2)n1)c1cnc2ccc(-c3ccccc3Cl)nn12. The van der Waals surface area contributed by atoms with Crippen molar-refractivity contribution in [2.75, 3.05) is 31.6 Å². The second-order valence-corrected chi connectivity index (χ2v) is 7.88. The molecule has 1 fully saturated rings. The topological polar surface area (TPSA) is 84.7 Å². The number of pyridine rings is 1. The summed E-state index contributed by atoms with van der Waals surface area (Å²) in [6, 6.07) is 16.7. The second kappa shape index (κ2) is 9.04. The van der Waals surface area contributed by atoms with E-state index in [2.05, 4.69) is 25.3 Å². The molecule has 1 saturated heterocycles. The fourth-order valence-electron chi connectivity index (χ4n) is 3.65. The summed E-state index contributed by atoms with van der Waals surface area (Å²) in [7, 11) is 0. The average molecular weight is 449 g/mol. The lowest BCUT2D eigenvalue weighted by Crippen LogP contribution is -2.35. The van der Waals surface area contributed by atoms with Crippen molar-refractivity contribution < 1.29 is 9.53 Å². The Balaban J connectivity index is 1.37. The molecule has 1 aromatic carbocycles. The first-order valence-electron chi connectivity index (χ1n) is 10.3. The van der Waals surface area contributed by atoms with Crippen molar-refractivity contribution in [3.63, 3.8) is 0 Å². The highest BCUT2D eigenvalue weighted by Gasteiger charge is 2.16. The Morgan fingerprint density at radius 2 is 1.91 bits per heavy atom. The van der Waals surface area contributed by atoms with E-state index in [4.69, 9.17) is 16.3 Å². The van der Waals surface area contributed by atoms with E-state index in [1.807, 2.05) is 42.5 Å². The van der Waals surface area contributed by atoms with Crippen LogP contribution in [0, 0.1) is 0 Å². The van der Waals surface area contributed by atoms with Gasteiger partial charge in [-0.05, 0) is 30.3 Å². The molecular weight excluding hydrogens is 428 g/mol. The van der Waals surface area contributed by atoms with Crippen molar-refractivity contribution in [1.29, 1.82) is 0 Å². The highest BCUT2D eigenvalue weighted by molar-refractivity contribution is 6.33. The molecule has 8 nitrogen and oxygen atoms in total. The number of halogens is 1. The van der Waals surface area contributed by atoms with Gasteiger partial charge in [0.2, 0.25) is 0 Å². The van der Waals surface area contributed by atoms with Crippen molar-refractivity contribution in [3.05, 3.63) is 77.2 Å². The molecule has 162 valence electrons. The van der Waals surface area contributed by atoms with E-state index < -0.39 is 0 Å². The molecule has 4 heterocycles. The van der Waals surface area contributed by atoms with Gasteiger partial charge < -0.3 is 10.1 Å². The Kier molecular flexibility index (Phi) is 5.81. The zero-order valence-corrected chi connectivity index (χ0v) is 18.0. The fraction of sp³-hybridized carbons (Fsp3) is 0.217. The third-order valence-electron chi connectivity index (χ3n) is 5.28. The molecule has 0 saturated carbocycles. The van der Waals surface area contributed by atoms with Crippen LogP contribution in [0.15, 0.2) is 60.8 Å². The van der Waals surface area contributed by atoms with Gasteiger partial charge in [-0.25, -0.2) is 14.5 Å². The van der Waals surface area contributed by atoms with Crippen LogP contribution in [0.1, 0.15) is 16.2 Å². The van der Waals surface area contributed by atoms with E-state index in [0.29, 0.717) is 34.4 Å². The molecule has 4 aromatic rings. The molecule has 1 aliphatic rings. The largest absolute Gasteiger partial charge is 0.379 e. The lowest BCUT2D eigenvalue weighted by atomic mass is 10.1. The second-order valence-electron chi connectivity index (χ2n) is 7.47. The van der Waals surface area contributed by atoms with E-state index >= 15 is 0 Å². The monoisotopic (exact) mass is 448 g/mol. The lowest BCUT2D eigenvalue weighted by molar-refractivity contribution is 0.0337. The average Bonchev–Trinajstić information content (AvgIpc) is 3.24. The van der Waals surface area contributed by atoms with Gasteiger partial charge in [0.15, 0.2) is 11.3 Å². The Hall–Kier alpha value is -3.33. The first-order chi connectivity index (χ1) is 15.7. The molecule has 5 rings (SSSR count). The van der Waals surface area contributed by atoms with Gasteiger partial charge in [0.05, 0.1) is 35.8 Å².